The molecule has 0 amide bonds. The van der Waals surface area contributed by atoms with E-state index in [9.17, 15) is 0 Å². The zero-order valence-corrected chi connectivity index (χ0v) is 8.48. The van der Waals surface area contributed by atoms with Gasteiger partial charge in [-0.2, -0.15) is 5.26 Å². The van der Waals surface area contributed by atoms with Crippen LogP contribution in [-0.2, 0) is 6.42 Å². The van der Waals surface area contributed by atoms with Gasteiger partial charge in [0.05, 0.1) is 23.2 Å². The molecule has 0 spiro atoms. The lowest BCUT2D eigenvalue weighted by atomic mass is 10.1. The van der Waals surface area contributed by atoms with Crippen LogP contribution in [0.3, 0.4) is 0 Å². The summed E-state index contributed by atoms with van der Waals surface area (Å²) in [5.74, 6) is 0. The van der Waals surface area contributed by atoms with Gasteiger partial charge in [-0.05, 0) is 33.6 Å². The summed E-state index contributed by atoms with van der Waals surface area (Å²) in [5.41, 5.74) is 6.96. The number of anilines is 1. The molecule has 2 nitrogen and oxygen atoms in total. The Hall–Kier alpha value is -0.720. The molecule has 0 radical (unpaired) electrons. The molecule has 0 atom stereocenters. The van der Waals surface area contributed by atoms with Crippen LogP contribution in [-0.4, -0.2) is 0 Å². The average Bonchev–Trinajstić information content (AvgIpc) is 2.01. The van der Waals surface area contributed by atoms with Crippen molar-refractivity contribution < 1.29 is 0 Å². The van der Waals surface area contributed by atoms with E-state index < -0.39 is 0 Å². The van der Waals surface area contributed by atoms with Crippen LogP contribution >= 0.6 is 27.5 Å². The number of halogens is 2. The fourth-order valence-electron chi connectivity index (χ4n) is 0.830. The van der Waals surface area contributed by atoms with Crippen LogP contribution in [0.4, 0.5) is 5.69 Å². The molecular formula is C8H6BrClN2. The number of hydrogen-bond donors (Lipinski definition) is 1. The zero-order valence-electron chi connectivity index (χ0n) is 6.14. The van der Waals surface area contributed by atoms with Crippen molar-refractivity contribution in [3.8, 4) is 6.07 Å². The first-order valence-electron chi connectivity index (χ1n) is 3.25. The normalized spacial score (nSPS) is 9.42. The molecule has 1 aromatic rings. The predicted molar refractivity (Wildman–Crippen MR) is 52.9 cm³/mol. The summed E-state index contributed by atoms with van der Waals surface area (Å²) in [6.45, 7) is 0. The van der Waals surface area contributed by atoms with Crippen LogP contribution in [0.5, 0.6) is 0 Å². The minimum atomic E-state index is 0.346. The van der Waals surface area contributed by atoms with E-state index in [2.05, 4.69) is 15.9 Å². The molecule has 0 aliphatic heterocycles. The molecule has 2 N–H and O–H groups in total. The first kappa shape index (κ1) is 9.37. The molecule has 0 aromatic heterocycles. The van der Waals surface area contributed by atoms with Crippen molar-refractivity contribution in [3.63, 3.8) is 0 Å². The number of nitrogens with zero attached hydrogens (tertiary/aromatic N) is 1. The minimum absolute atomic E-state index is 0.346. The maximum atomic E-state index is 8.43. The molecule has 1 rings (SSSR count). The first-order chi connectivity index (χ1) is 5.65. The van der Waals surface area contributed by atoms with Crippen LogP contribution in [0.2, 0.25) is 5.02 Å². The minimum Gasteiger partial charge on any atom is -0.397 e. The highest BCUT2D eigenvalue weighted by atomic mass is 79.9. The zero-order chi connectivity index (χ0) is 9.14. The molecule has 0 bridgehead atoms. The van der Waals surface area contributed by atoms with Crippen molar-refractivity contribution in [1.82, 2.24) is 0 Å². The monoisotopic (exact) mass is 244 g/mol. The Kier molecular flexibility index (Phi) is 2.96. The number of nitrogen functional groups attached to an aromatic ring is 1. The maximum absolute atomic E-state index is 8.43. The molecule has 0 saturated carbocycles. The number of nitrogens with two attached hydrogens (primary N) is 1. The van der Waals surface area contributed by atoms with Gasteiger partial charge in [0.2, 0.25) is 0 Å². The van der Waals surface area contributed by atoms with Crippen LogP contribution in [0, 0.1) is 11.3 Å². The fourth-order valence-corrected chi connectivity index (χ4v) is 1.69. The Balaban J connectivity index is 3.14. The molecule has 1 aromatic carbocycles. The summed E-state index contributed by atoms with van der Waals surface area (Å²) in [5, 5.41) is 8.91. The summed E-state index contributed by atoms with van der Waals surface area (Å²) in [7, 11) is 0. The smallest absolute Gasteiger partial charge is 0.0669 e. The standard InChI is InChI=1S/C8H6BrClN2/c9-6-3-5(1-2-11)4-7(10)8(6)12/h3-4H,1,12H2. The second kappa shape index (κ2) is 3.79. The number of rotatable bonds is 1. The summed E-state index contributed by atoms with van der Waals surface area (Å²) >= 11 is 9.04. The van der Waals surface area contributed by atoms with Crippen molar-refractivity contribution in [3.05, 3.63) is 27.2 Å². The second-order valence-electron chi connectivity index (χ2n) is 2.31. The molecule has 0 aliphatic carbocycles. The molecule has 0 heterocycles. The van der Waals surface area contributed by atoms with Crippen LogP contribution < -0.4 is 5.73 Å². The maximum Gasteiger partial charge on any atom is 0.0669 e. The second-order valence-corrected chi connectivity index (χ2v) is 3.57. The third-order valence-corrected chi connectivity index (χ3v) is 2.39. The summed E-state index contributed by atoms with van der Waals surface area (Å²) in [6, 6.07) is 5.53. The van der Waals surface area contributed by atoms with Crippen LogP contribution in [0.25, 0.3) is 0 Å². The molecule has 4 heteroatoms. The lowest BCUT2D eigenvalue weighted by Crippen LogP contribution is -1.90. The van der Waals surface area contributed by atoms with Gasteiger partial charge in [-0.25, -0.2) is 0 Å². The topological polar surface area (TPSA) is 49.8 Å². The van der Waals surface area contributed by atoms with Gasteiger partial charge in [0.1, 0.15) is 0 Å². The van der Waals surface area contributed by atoms with Crippen LogP contribution in [0.1, 0.15) is 5.56 Å². The molecule has 0 aliphatic rings. The van der Waals surface area contributed by atoms with E-state index in [-0.39, 0.29) is 0 Å². The summed E-state index contributed by atoms with van der Waals surface area (Å²) in [4.78, 5) is 0. The molecule has 62 valence electrons. The molecular weight excluding hydrogens is 239 g/mol. The third-order valence-electron chi connectivity index (χ3n) is 1.42. The van der Waals surface area contributed by atoms with E-state index in [1.54, 1.807) is 12.1 Å². The van der Waals surface area contributed by atoms with E-state index in [0.717, 1.165) is 10.0 Å². The van der Waals surface area contributed by atoms with Crippen LogP contribution in [0.15, 0.2) is 16.6 Å². The predicted octanol–water partition coefficient (Wildman–Crippen LogP) is 2.75. The van der Waals surface area contributed by atoms with Gasteiger partial charge >= 0.3 is 0 Å². The Morgan fingerprint density at radius 2 is 2.25 bits per heavy atom. The number of hydrogen-bond acceptors (Lipinski definition) is 2. The summed E-state index contributed by atoms with van der Waals surface area (Å²) in [6.07, 6.45) is 0.346. The molecule has 12 heavy (non-hydrogen) atoms. The fraction of sp³-hybridized carbons (Fsp3) is 0.125. The lowest BCUT2D eigenvalue weighted by Gasteiger charge is -2.02. The Morgan fingerprint density at radius 1 is 1.58 bits per heavy atom. The summed E-state index contributed by atoms with van der Waals surface area (Å²) < 4.78 is 0.736. The Morgan fingerprint density at radius 3 is 2.75 bits per heavy atom. The third kappa shape index (κ3) is 1.90. The SMILES string of the molecule is N#CCc1cc(Cl)c(N)c(Br)c1. The highest BCUT2D eigenvalue weighted by Gasteiger charge is 2.03. The van der Waals surface area contributed by atoms with Gasteiger partial charge in [-0.3, -0.25) is 0 Å². The van der Waals surface area contributed by atoms with Gasteiger partial charge in [0.15, 0.2) is 0 Å². The van der Waals surface area contributed by atoms with E-state index in [1.807, 2.05) is 6.07 Å². The van der Waals surface area contributed by atoms with Crippen molar-refractivity contribution in [2.45, 2.75) is 6.42 Å². The number of benzene rings is 1. The largest absolute Gasteiger partial charge is 0.397 e. The Bertz CT molecular complexity index is 320. The Labute approximate surface area is 84.1 Å². The molecule has 0 saturated heterocycles. The highest BCUT2D eigenvalue weighted by molar-refractivity contribution is 9.10. The van der Waals surface area contributed by atoms with Gasteiger partial charge in [-0.1, -0.05) is 11.6 Å². The highest BCUT2D eigenvalue weighted by Crippen LogP contribution is 2.29. The van der Waals surface area contributed by atoms with E-state index in [0.29, 0.717) is 17.1 Å². The van der Waals surface area contributed by atoms with Crippen molar-refractivity contribution in [2.75, 3.05) is 5.73 Å². The van der Waals surface area contributed by atoms with E-state index in [4.69, 9.17) is 22.6 Å². The van der Waals surface area contributed by atoms with Crippen molar-refractivity contribution >= 4 is 33.2 Å². The number of nitriles is 1. The quantitative estimate of drug-likeness (QED) is 0.774. The average molecular weight is 246 g/mol. The van der Waals surface area contributed by atoms with E-state index in [1.165, 1.54) is 0 Å². The van der Waals surface area contributed by atoms with Gasteiger partial charge in [0, 0.05) is 4.47 Å². The molecule has 0 fully saturated rings. The van der Waals surface area contributed by atoms with Crippen molar-refractivity contribution in [1.29, 1.82) is 5.26 Å². The van der Waals surface area contributed by atoms with Gasteiger partial charge in [-0.15, -0.1) is 0 Å². The van der Waals surface area contributed by atoms with Crippen molar-refractivity contribution in [2.24, 2.45) is 0 Å². The lowest BCUT2D eigenvalue weighted by molar-refractivity contribution is 1.26. The van der Waals surface area contributed by atoms with Gasteiger partial charge in [0.25, 0.3) is 0 Å². The van der Waals surface area contributed by atoms with E-state index >= 15 is 0 Å². The van der Waals surface area contributed by atoms with Gasteiger partial charge < -0.3 is 5.73 Å². The molecule has 0 unspecified atom stereocenters. The first-order valence-corrected chi connectivity index (χ1v) is 4.42.